The molecular formula is C16H19N3O4. The van der Waals surface area contributed by atoms with E-state index < -0.39 is 5.97 Å². The number of oxazole rings is 1. The van der Waals surface area contributed by atoms with Gasteiger partial charge in [-0.2, -0.15) is 0 Å². The third kappa shape index (κ3) is 4.84. The standard InChI is InChI=1S/C16H19N3O4/c1-10-5-6-12(15-18-11(2)9-23-15)8-13(10)19-16(22)17-7-3-4-14(20)21/h5-6,8-9H,3-4,7H2,1-2H3,(H,20,21)(H2,17,19,22). The first-order chi connectivity index (χ1) is 11.0. The fraction of sp³-hybridized carbons (Fsp3) is 0.312. The zero-order valence-corrected chi connectivity index (χ0v) is 13.0. The van der Waals surface area contributed by atoms with E-state index in [0.717, 1.165) is 16.8 Å². The molecule has 1 aromatic heterocycles. The smallest absolute Gasteiger partial charge is 0.319 e. The van der Waals surface area contributed by atoms with Gasteiger partial charge in [-0.1, -0.05) is 6.07 Å². The summed E-state index contributed by atoms with van der Waals surface area (Å²) < 4.78 is 5.36. The van der Waals surface area contributed by atoms with E-state index in [1.54, 1.807) is 12.3 Å². The molecule has 2 aromatic rings. The van der Waals surface area contributed by atoms with Crippen LogP contribution in [0, 0.1) is 13.8 Å². The largest absolute Gasteiger partial charge is 0.481 e. The number of aromatic nitrogens is 1. The van der Waals surface area contributed by atoms with Crippen molar-refractivity contribution < 1.29 is 19.1 Å². The minimum atomic E-state index is -0.878. The number of rotatable bonds is 6. The zero-order chi connectivity index (χ0) is 16.8. The van der Waals surface area contributed by atoms with E-state index in [0.29, 0.717) is 24.5 Å². The number of carboxylic acids is 1. The van der Waals surface area contributed by atoms with Gasteiger partial charge in [-0.3, -0.25) is 4.79 Å². The molecule has 0 aliphatic rings. The number of carbonyl (C=O) groups excluding carboxylic acids is 1. The maximum atomic E-state index is 11.9. The topological polar surface area (TPSA) is 104 Å². The molecule has 2 amide bonds. The lowest BCUT2D eigenvalue weighted by Crippen LogP contribution is -2.30. The molecule has 0 fully saturated rings. The minimum Gasteiger partial charge on any atom is -0.481 e. The average molecular weight is 317 g/mol. The molecule has 0 spiro atoms. The molecule has 0 saturated carbocycles. The van der Waals surface area contributed by atoms with Crippen molar-refractivity contribution in [2.45, 2.75) is 26.7 Å². The number of anilines is 1. The van der Waals surface area contributed by atoms with Crippen LogP contribution in [-0.4, -0.2) is 28.6 Å². The number of aryl methyl sites for hydroxylation is 2. The van der Waals surface area contributed by atoms with Crippen molar-refractivity contribution in [2.75, 3.05) is 11.9 Å². The van der Waals surface area contributed by atoms with Crippen LogP contribution in [0.4, 0.5) is 10.5 Å². The van der Waals surface area contributed by atoms with E-state index in [4.69, 9.17) is 9.52 Å². The number of hydrogen-bond acceptors (Lipinski definition) is 4. The highest BCUT2D eigenvalue weighted by Crippen LogP contribution is 2.24. The van der Waals surface area contributed by atoms with Gasteiger partial charge in [0.2, 0.25) is 5.89 Å². The molecule has 0 saturated heterocycles. The predicted molar refractivity (Wildman–Crippen MR) is 85.3 cm³/mol. The SMILES string of the molecule is Cc1coc(-c2ccc(C)c(NC(=O)NCCCC(=O)O)c2)n1. The summed E-state index contributed by atoms with van der Waals surface area (Å²) in [5, 5.41) is 13.9. The molecule has 0 radical (unpaired) electrons. The van der Waals surface area contributed by atoms with Crippen LogP contribution in [0.25, 0.3) is 11.5 Å². The first-order valence-electron chi connectivity index (χ1n) is 7.25. The van der Waals surface area contributed by atoms with Gasteiger partial charge in [-0.25, -0.2) is 9.78 Å². The molecule has 23 heavy (non-hydrogen) atoms. The summed E-state index contributed by atoms with van der Waals surface area (Å²) in [5.74, 6) is -0.385. The number of aliphatic carboxylic acids is 1. The fourth-order valence-corrected chi connectivity index (χ4v) is 1.98. The number of nitrogens with one attached hydrogen (secondary N) is 2. The molecule has 0 aliphatic heterocycles. The maximum absolute atomic E-state index is 11.9. The molecule has 122 valence electrons. The Labute approximate surface area is 133 Å². The average Bonchev–Trinajstić information content (AvgIpc) is 2.92. The molecular weight excluding hydrogens is 298 g/mol. The van der Waals surface area contributed by atoms with Gasteiger partial charge in [-0.15, -0.1) is 0 Å². The Morgan fingerprint density at radius 1 is 1.30 bits per heavy atom. The highest BCUT2D eigenvalue weighted by atomic mass is 16.4. The third-order valence-corrected chi connectivity index (χ3v) is 3.20. The van der Waals surface area contributed by atoms with Gasteiger partial charge in [0.15, 0.2) is 0 Å². The van der Waals surface area contributed by atoms with Gasteiger partial charge in [0.05, 0.1) is 5.69 Å². The Morgan fingerprint density at radius 3 is 2.74 bits per heavy atom. The summed E-state index contributed by atoms with van der Waals surface area (Å²) in [6.07, 6.45) is 1.98. The van der Waals surface area contributed by atoms with E-state index >= 15 is 0 Å². The molecule has 0 atom stereocenters. The predicted octanol–water partition coefficient (Wildman–Crippen LogP) is 2.94. The number of nitrogens with zero attached hydrogens (tertiary/aromatic N) is 1. The van der Waals surface area contributed by atoms with Crippen molar-refractivity contribution in [3.05, 3.63) is 35.7 Å². The van der Waals surface area contributed by atoms with Gasteiger partial charge in [0.1, 0.15) is 6.26 Å². The summed E-state index contributed by atoms with van der Waals surface area (Å²) >= 11 is 0. The summed E-state index contributed by atoms with van der Waals surface area (Å²) in [4.78, 5) is 26.5. The Kier molecular flexibility index (Phi) is 5.35. The van der Waals surface area contributed by atoms with E-state index in [1.807, 2.05) is 26.0 Å². The first-order valence-corrected chi connectivity index (χ1v) is 7.25. The maximum Gasteiger partial charge on any atom is 0.319 e. The lowest BCUT2D eigenvalue weighted by atomic mass is 10.1. The van der Waals surface area contributed by atoms with Crippen LogP contribution in [0.15, 0.2) is 28.9 Å². The van der Waals surface area contributed by atoms with E-state index in [2.05, 4.69) is 15.6 Å². The van der Waals surface area contributed by atoms with E-state index in [-0.39, 0.29) is 12.5 Å². The highest BCUT2D eigenvalue weighted by Gasteiger charge is 2.09. The van der Waals surface area contributed by atoms with Gasteiger partial charge in [-0.05, 0) is 38.0 Å². The van der Waals surface area contributed by atoms with Crippen molar-refractivity contribution in [2.24, 2.45) is 0 Å². The van der Waals surface area contributed by atoms with Crippen LogP contribution in [0.2, 0.25) is 0 Å². The van der Waals surface area contributed by atoms with Crippen LogP contribution in [-0.2, 0) is 4.79 Å². The number of carbonyl (C=O) groups is 2. The van der Waals surface area contributed by atoms with Crippen LogP contribution in [0.5, 0.6) is 0 Å². The normalized spacial score (nSPS) is 10.3. The summed E-state index contributed by atoms with van der Waals surface area (Å²) in [5.41, 5.74) is 3.10. The number of urea groups is 1. The minimum absolute atomic E-state index is 0.0261. The Bertz CT molecular complexity index is 709. The lowest BCUT2D eigenvalue weighted by molar-refractivity contribution is -0.137. The molecule has 2 rings (SSSR count). The van der Waals surface area contributed by atoms with Gasteiger partial charge in [0.25, 0.3) is 0 Å². The van der Waals surface area contributed by atoms with Crippen LogP contribution in [0.1, 0.15) is 24.1 Å². The second-order valence-electron chi connectivity index (χ2n) is 5.20. The molecule has 0 unspecified atom stereocenters. The van der Waals surface area contributed by atoms with E-state index in [1.165, 1.54) is 0 Å². The van der Waals surface area contributed by atoms with Crippen molar-refractivity contribution in [3.8, 4) is 11.5 Å². The molecule has 1 heterocycles. The molecule has 0 aliphatic carbocycles. The lowest BCUT2D eigenvalue weighted by Gasteiger charge is -2.10. The van der Waals surface area contributed by atoms with Crippen molar-refractivity contribution in [1.82, 2.24) is 10.3 Å². The second kappa shape index (κ2) is 7.44. The van der Waals surface area contributed by atoms with Crippen LogP contribution >= 0.6 is 0 Å². The van der Waals surface area contributed by atoms with Crippen LogP contribution in [0.3, 0.4) is 0 Å². The van der Waals surface area contributed by atoms with Crippen molar-refractivity contribution in [1.29, 1.82) is 0 Å². The number of carboxylic acid groups (broad SMARTS) is 1. The summed E-state index contributed by atoms with van der Waals surface area (Å²) in [6, 6.07) is 5.15. The second-order valence-corrected chi connectivity index (χ2v) is 5.20. The molecule has 0 bridgehead atoms. The van der Waals surface area contributed by atoms with Crippen molar-refractivity contribution in [3.63, 3.8) is 0 Å². The van der Waals surface area contributed by atoms with Crippen molar-refractivity contribution >= 4 is 17.7 Å². The van der Waals surface area contributed by atoms with Gasteiger partial charge < -0.3 is 20.2 Å². The number of amides is 2. The molecule has 1 aromatic carbocycles. The Balaban J connectivity index is 1.99. The zero-order valence-electron chi connectivity index (χ0n) is 13.0. The highest BCUT2D eigenvalue weighted by molar-refractivity contribution is 5.90. The van der Waals surface area contributed by atoms with Gasteiger partial charge >= 0.3 is 12.0 Å². The number of hydrogen-bond donors (Lipinski definition) is 3. The van der Waals surface area contributed by atoms with Gasteiger partial charge in [0, 0.05) is 24.2 Å². The quantitative estimate of drug-likeness (QED) is 0.710. The summed E-state index contributed by atoms with van der Waals surface area (Å²) in [7, 11) is 0. The van der Waals surface area contributed by atoms with Crippen LogP contribution < -0.4 is 10.6 Å². The monoisotopic (exact) mass is 317 g/mol. The number of benzene rings is 1. The molecule has 3 N–H and O–H groups in total. The third-order valence-electron chi connectivity index (χ3n) is 3.20. The summed E-state index contributed by atoms with van der Waals surface area (Å²) in [6.45, 7) is 4.02. The van der Waals surface area contributed by atoms with E-state index in [9.17, 15) is 9.59 Å². The Morgan fingerprint density at radius 2 is 2.09 bits per heavy atom. The molecule has 7 nitrogen and oxygen atoms in total. The Hall–Kier alpha value is -2.83. The first kappa shape index (κ1) is 16.5. The molecule has 7 heteroatoms. The fourth-order valence-electron chi connectivity index (χ4n) is 1.98.